The standard InChI is InChI=1S/C16H21N3O2.ClH/c17-12-4-3-11(9-12)16(21)19-14-7-5-13(6-8-14)18-15(20)10-1-2-10;/h5-8,10-12H,1-4,9,17H2,(H,18,20)(H,19,21);1H. The first-order valence-electron chi connectivity index (χ1n) is 7.59. The average molecular weight is 324 g/mol. The van der Waals surface area contributed by atoms with Crippen LogP contribution in [0.15, 0.2) is 24.3 Å². The number of amides is 2. The number of nitrogens with one attached hydrogen (secondary N) is 2. The van der Waals surface area contributed by atoms with Crippen molar-refractivity contribution in [2.75, 3.05) is 10.6 Å². The third-order valence-electron chi connectivity index (χ3n) is 4.21. The summed E-state index contributed by atoms with van der Waals surface area (Å²) in [4.78, 5) is 23.7. The zero-order valence-electron chi connectivity index (χ0n) is 12.4. The van der Waals surface area contributed by atoms with Crippen molar-refractivity contribution >= 4 is 35.6 Å². The third kappa shape index (κ3) is 4.21. The molecule has 2 fully saturated rings. The van der Waals surface area contributed by atoms with Gasteiger partial charge in [0.15, 0.2) is 0 Å². The molecule has 2 atom stereocenters. The number of anilines is 2. The Morgan fingerprint density at radius 1 is 0.864 bits per heavy atom. The van der Waals surface area contributed by atoms with Crippen LogP contribution in [0.1, 0.15) is 32.1 Å². The maximum atomic E-state index is 12.1. The predicted octanol–water partition coefficient (Wildman–Crippen LogP) is 2.52. The molecule has 3 rings (SSSR count). The van der Waals surface area contributed by atoms with Gasteiger partial charge in [-0.05, 0) is 56.4 Å². The zero-order chi connectivity index (χ0) is 14.8. The molecular weight excluding hydrogens is 302 g/mol. The quantitative estimate of drug-likeness (QED) is 0.796. The summed E-state index contributed by atoms with van der Waals surface area (Å²) in [6.07, 6.45) is 4.53. The molecule has 0 saturated heterocycles. The number of hydrogen-bond acceptors (Lipinski definition) is 3. The summed E-state index contributed by atoms with van der Waals surface area (Å²) in [6, 6.07) is 7.41. The molecule has 1 aromatic rings. The second-order valence-corrected chi connectivity index (χ2v) is 6.10. The molecule has 0 radical (unpaired) electrons. The highest BCUT2D eigenvalue weighted by Gasteiger charge is 2.29. The van der Waals surface area contributed by atoms with E-state index in [1.807, 2.05) is 24.3 Å². The Morgan fingerprint density at radius 3 is 1.73 bits per heavy atom. The van der Waals surface area contributed by atoms with E-state index < -0.39 is 0 Å². The zero-order valence-corrected chi connectivity index (χ0v) is 13.2. The highest BCUT2D eigenvalue weighted by atomic mass is 35.5. The number of carbonyl (C=O) groups is 2. The highest BCUT2D eigenvalue weighted by molar-refractivity contribution is 5.95. The molecule has 0 heterocycles. The minimum absolute atomic E-state index is 0. The molecule has 0 spiro atoms. The molecule has 22 heavy (non-hydrogen) atoms. The van der Waals surface area contributed by atoms with E-state index in [1.165, 1.54) is 0 Å². The molecule has 0 aliphatic heterocycles. The Morgan fingerprint density at radius 2 is 1.32 bits per heavy atom. The van der Waals surface area contributed by atoms with E-state index in [4.69, 9.17) is 5.73 Å². The second kappa shape index (κ2) is 7.11. The van der Waals surface area contributed by atoms with Gasteiger partial charge in [-0.2, -0.15) is 0 Å². The van der Waals surface area contributed by atoms with Gasteiger partial charge in [0, 0.05) is 29.3 Å². The van der Waals surface area contributed by atoms with Gasteiger partial charge in [0.05, 0.1) is 0 Å². The fraction of sp³-hybridized carbons (Fsp3) is 0.500. The van der Waals surface area contributed by atoms with Gasteiger partial charge in [-0.3, -0.25) is 9.59 Å². The van der Waals surface area contributed by atoms with E-state index >= 15 is 0 Å². The minimum atomic E-state index is 0. The van der Waals surface area contributed by atoms with Gasteiger partial charge in [-0.15, -0.1) is 12.4 Å². The second-order valence-electron chi connectivity index (χ2n) is 6.10. The molecular formula is C16H22ClN3O2. The van der Waals surface area contributed by atoms with Crippen LogP contribution < -0.4 is 16.4 Å². The first-order valence-corrected chi connectivity index (χ1v) is 7.59. The van der Waals surface area contributed by atoms with Gasteiger partial charge < -0.3 is 16.4 Å². The third-order valence-corrected chi connectivity index (χ3v) is 4.21. The molecule has 2 saturated carbocycles. The van der Waals surface area contributed by atoms with Crippen LogP contribution in [0, 0.1) is 11.8 Å². The summed E-state index contributed by atoms with van der Waals surface area (Å²) in [5, 5.41) is 5.79. The monoisotopic (exact) mass is 323 g/mol. The summed E-state index contributed by atoms with van der Waals surface area (Å²) in [5.41, 5.74) is 7.36. The fourth-order valence-corrected chi connectivity index (χ4v) is 2.73. The molecule has 1 aromatic carbocycles. The minimum Gasteiger partial charge on any atom is -0.328 e. The van der Waals surface area contributed by atoms with E-state index in [0.29, 0.717) is 0 Å². The van der Waals surface area contributed by atoms with Crippen LogP contribution in [0.4, 0.5) is 11.4 Å². The Bertz CT molecular complexity index is 543. The van der Waals surface area contributed by atoms with E-state index in [0.717, 1.165) is 43.5 Å². The van der Waals surface area contributed by atoms with Crippen molar-refractivity contribution in [3.63, 3.8) is 0 Å². The number of benzene rings is 1. The lowest BCUT2D eigenvalue weighted by Gasteiger charge is -2.11. The fourth-order valence-electron chi connectivity index (χ4n) is 2.73. The van der Waals surface area contributed by atoms with Crippen molar-refractivity contribution < 1.29 is 9.59 Å². The average Bonchev–Trinajstić information content (AvgIpc) is 3.23. The van der Waals surface area contributed by atoms with Gasteiger partial charge in [0.1, 0.15) is 0 Å². The number of hydrogen-bond donors (Lipinski definition) is 3. The number of rotatable bonds is 4. The first kappa shape index (κ1) is 16.8. The normalized spacial score (nSPS) is 23.5. The van der Waals surface area contributed by atoms with Gasteiger partial charge in [-0.1, -0.05) is 0 Å². The lowest BCUT2D eigenvalue weighted by molar-refractivity contribution is -0.119. The molecule has 2 unspecified atom stereocenters. The van der Waals surface area contributed by atoms with Crippen molar-refractivity contribution in [3.8, 4) is 0 Å². The van der Waals surface area contributed by atoms with E-state index in [9.17, 15) is 9.59 Å². The van der Waals surface area contributed by atoms with E-state index in [2.05, 4.69) is 10.6 Å². The van der Waals surface area contributed by atoms with Crippen LogP contribution in [0.3, 0.4) is 0 Å². The van der Waals surface area contributed by atoms with Gasteiger partial charge >= 0.3 is 0 Å². The molecule has 2 aliphatic rings. The summed E-state index contributed by atoms with van der Waals surface area (Å²) >= 11 is 0. The molecule has 2 amide bonds. The summed E-state index contributed by atoms with van der Waals surface area (Å²) in [7, 11) is 0. The van der Waals surface area contributed by atoms with Crippen LogP contribution in [0.2, 0.25) is 0 Å². The SMILES string of the molecule is Cl.NC1CCC(C(=O)Nc2ccc(NC(=O)C3CC3)cc2)C1. The Balaban J connectivity index is 0.00000176. The van der Waals surface area contributed by atoms with Crippen LogP contribution in [0.25, 0.3) is 0 Å². The number of carbonyl (C=O) groups excluding carboxylic acids is 2. The highest BCUT2D eigenvalue weighted by Crippen LogP contribution is 2.30. The lowest BCUT2D eigenvalue weighted by Crippen LogP contribution is -2.23. The maximum Gasteiger partial charge on any atom is 0.227 e. The molecule has 0 aromatic heterocycles. The van der Waals surface area contributed by atoms with Crippen LogP contribution >= 0.6 is 12.4 Å². The smallest absolute Gasteiger partial charge is 0.227 e. The van der Waals surface area contributed by atoms with Crippen LogP contribution in [-0.4, -0.2) is 17.9 Å². The maximum absolute atomic E-state index is 12.1. The Labute approximate surface area is 136 Å². The number of nitrogens with two attached hydrogens (primary N) is 1. The summed E-state index contributed by atoms with van der Waals surface area (Å²) in [5.74, 6) is 0.342. The molecule has 4 N–H and O–H groups in total. The van der Waals surface area contributed by atoms with Crippen molar-refractivity contribution in [3.05, 3.63) is 24.3 Å². The van der Waals surface area contributed by atoms with Crippen molar-refractivity contribution in [1.82, 2.24) is 0 Å². The van der Waals surface area contributed by atoms with Gasteiger partial charge in [0.2, 0.25) is 11.8 Å². The molecule has 0 bridgehead atoms. The molecule has 2 aliphatic carbocycles. The largest absolute Gasteiger partial charge is 0.328 e. The molecule has 5 nitrogen and oxygen atoms in total. The van der Waals surface area contributed by atoms with Crippen molar-refractivity contribution in [2.24, 2.45) is 17.6 Å². The van der Waals surface area contributed by atoms with Crippen molar-refractivity contribution in [2.45, 2.75) is 38.1 Å². The van der Waals surface area contributed by atoms with Gasteiger partial charge in [-0.25, -0.2) is 0 Å². The topological polar surface area (TPSA) is 84.2 Å². The number of halogens is 1. The lowest BCUT2D eigenvalue weighted by atomic mass is 10.1. The van der Waals surface area contributed by atoms with Crippen LogP contribution in [0.5, 0.6) is 0 Å². The predicted molar refractivity (Wildman–Crippen MR) is 89.0 cm³/mol. The summed E-state index contributed by atoms with van der Waals surface area (Å²) in [6.45, 7) is 0. The summed E-state index contributed by atoms with van der Waals surface area (Å²) < 4.78 is 0. The van der Waals surface area contributed by atoms with Crippen LogP contribution in [-0.2, 0) is 9.59 Å². The van der Waals surface area contributed by atoms with Crippen molar-refractivity contribution in [1.29, 1.82) is 0 Å². The Hall–Kier alpha value is -1.59. The molecule has 6 heteroatoms. The first-order chi connectivity index (χ1) is 10.1. The molecule has 120 valence electrons. The van der Waals surface area contributed by atoms with Gasteiger partial charge in [0.25, 0.3) is 0 Å². The Kier molecular flexibility index (Phi) is 5.42. The van der Waals surface area contributed by atoms with E-state index in [-0.39, 0.29) is 42.1 Å². The van der Waals surface area contributed by atoms with E-state index in [1.54, 1.807) is 0 Å².